The molecule has 3 N–H and O–H groups in total. The number of hydrogen-bond acceptors (Lipinski definition) is 8. The molecule has 0 amide bonds. The van der Waals surface area contributed by atoms with Crippen LogP contribution in [0.15, 0.2) is 23.6 Å². The van der Waals surface area contributed by atoms with Crippen LogP contribution in [0.4, 0.5) is 5.95 Å². The van der Waals surface area contributed by atoms with Crippen molar-refractivity contribution in [3.05, 3.63) is 29.2 Å². The number of hydrogen-bond donors (Lipinski definition) is 2. The van der Waals surface area contributed by atoms with Crippen LogP contribution in [0.25, 0.3) is 22.3 Å². The number of rotatable bonds is 1. The lowest BCUT2D eigenvalue weighted by Crippen LogP contribution is -2.15. The minimum absolute atomic E-state index is 0.0108. The molecule has 0 bridgehead atoms. The molecule has 0 saturated heterocycles. The van der Waals surface area contributed by atoms with Crippen molar-refractivity contribution in [2.24, 2.45) is 0 Å². The average Bonchev–Trinajstić information content (AvgIpc) is 3.02. The molecule has 4 aromatic rings. The first-order chi connectivity index (χ1) is 9.74. The highest BCUT2D eigenvalue weighted by Gasteiger charge is 2.14. The minimum atomic E-state index is -0.426. The first-order valence-electron chi connectivity index (χ1n) is 5.49. The fraction of sp³-hybridized carbons (Fsp3) is 0. The number of fused-ring (bicyclic) bond motifs is 2. The van der Waals surface area contributed by atoms with E-state index >= 15 is 0 Å². The normalized spacial score (nSPS) is 11.4. The van der Waals surface area contributed by atoms with Gasteiger partial charge in [0.25, 0.3) is 5.56 Å². The first-order valence-corrected chi connectivity index (χ1v) is 5.49. The summed E-state index contributed by atoms with van der Waals surface area (Å²) < 4.78 is 1.43. The maximum Gasteiger partial charge on any atom is 0.280 e. The Morgan fingerprint density at radius 3 is 3.05 bits per heavy atom. The standard InChI is InChI=1S/C9H6N10O/c10-9-14-7-5(8(20)15-9)13-3-18(7)19-6-4(16-17-19)1-11-2-12-6/h1-3H,(H3,10,14,15,20). The predicted octanol–water partition coefficient (Wildman–Crippen LogP) is -1.45. The van der Waals surface area contributed by atoms with E-state index in [1.165, 1.54) is 28.3 Å². The van der Waals surface area contributed by atoms with E-state index in [-0.39, 0.29) is 17.1 Å². The van der Waals surface area contributed by atoms with Crippen LogP contribution in [0, 0.1) is 0 Å². The second kappa shape index (κ2) is 3.57. The van der Waals surface area contributed by atoms with Crippen molar-refractivity contribution in [1.82, 2.24) is 44.7 Å². The lowest BCUT2D eigenvalue weighted by molar-refractivity contribution is 0.575. The number of H-pyrrole nitrogens is 1. The van der Waals surface area contributed by atoms with Crippen molar-refractivity contribution < 1.29 is 0 Å². The van der Waals surface area contributed by atoms with Crippen LogP contribution >= 0.6 is 0 Å². The van der Waals surface area contributed by atoms with Gasteiger partial charge in [-0.25, -0.2) is 15.0 Å². The van der Waals surface area contributed by atoms with Gasteiger partial charge in [-0.3, -0.25) is 9.78 Å². The predicted molar refractivity (Wildman–Crippen MR) is 66.5 cm³/mol. The number of nitrogens with zero attached hydrogens (tertiary/aromatic N) is 8. The third kappa shape index (κ3) is 1.31. The molecule has 98 valence electrons. The van der Waals surface area contributed by atoms with Crippen LogP contribution in [0.1, 0.15) is 0 Å². The number of anilines is 1. The monoisotopic (exact) mass is 270 g/mol. The molecule has 4 heterocycles. The highest BCUT2D eigenvalue weighted by atomic mass is 16.1. The molecular formula is C9H6N10O. The summed E-state index contributed by atoms with van der Waals surface area (Å²) in [6, 6.07) is 0. The molecular weight excluding hydrogens is 264 g/mol. The van der Waals surface area contributed by atoms with Gasteiger partial charge in [0.15, 0.2) is 16.7 Å². The molecule has 0 radical (unpaired) electrons. The van der Waals surface area contributed by atoms with Crippen molar-refractivity contribution >= 4 is 28.3 Å². The van der Waals surface area contributed by atoms with E-state index in [4.69, 9.17) is 5.73 Å². The Balaban J connectivity index is 2.10. The molecule has 0 aliphatic rings. The number of nitrogens with two attached hydrogens (primary N) is 1. The molecule has 0 fully saturated rings. The lowest BCUT2D eigenvalue weighted by atomic mass is 10.5. The zero-order valence-corrected chi connectivity index (χ0v) is 9.80. The second-order valence-electron chi connectivity index (χ2n) is 3.92. The smallest absolute Gasteiger partial charge is 0.280 e. The second-order valence-corrected chi connectivity index (χ2v) is 3.92. The average molecular weight is 270 g/mol. The van der Waals surface area contributed by atoms with E-state index in [2.05, 4.69) is 35.2 Å². The Hall–Kier alpha value is -3.37. The van der Waals surface area contributed by atoms with Crippen LogP contribution in [0.3, 0.4) is 0 Å². The highest BCUT2D eigenvalue weighted by molar-refractivity contribution is 5.72. The molecule has 4 rings (SSSR count). The fourth-order valence-corrected chi connectivity index (χ4v) is 1.87. The molecule has 0 unspecified atom stereocenters. The Kier molecular flexibility index (Phi) is 1.88. The summed E-state index contributed by atoms with van der Waals surface area (Å²) in [5, 5.41) is 7.86. The number of nitrogen functional groups attached to an aromatic ring is 1. The van der Waals surface area contributed by atoms with Gasteiger partial charge in [-0.15, -0.1) is 9.89 Å². The summed E-state index contributed by atoms with van der Waals surface area (Å²) in [5.41, 5.74) is 6.49. The summed E-state index contributed by atoms with van der Waals surface area (Å²) in [7, 11) is 0. The maximum atomic E-state index is 11.7. The van der Waals surface area contributed by atoms with Gasteiger partial charge < -0.3 is 5.73 Å². The fourth-order valence-electron chi connectivity index (χ4n) is 1.87. The SMILES string of the molecule is Nc1nc2c(ncn2-n2nnc3cncnc32)c(=O)[nH]1. The molecule has 0 aliphatic carbocycles. The van der Waals surface area contributed by atoms with E-state index in [1.807, 2.05) is 0 Å². The van der Waals surface area contributed by atoms with Gasteiger partial charge in [0.1, 0.15) is 12.7 Å². The molecule has 0 atom stereocenters. The first kappa shape index (κ1) is 10.5. The lowest BCUT2D eigenvalue weighted by Gasteiger charge is -2.02. The third-order valence-electron chi connectivity index (χ3n) is 2.71. The number of imidazole rings is 1. The third-order valence-corrected chi connectivity index (χ3v) is 2.71. The Labute approximate surface area is 109 Å². The molecule has 4 aromatic heterocycles. The van der Waals surface area contributed by atoms with Gasteiger partial charge in [-0.05, 0) is 5.21 Å². The Bertz CT molecular complexity index is 995. The van der Waals surface area contributed by atoms with Gasteiger partial charge in [0.05, 0.1) is 6.20 Å². The van der Waals surface area contributed by atoms with Crippen LogP contribution in [0.2, 0.25) is 0 Å². The van der Waals surface area contributed by atoms with Crippen molar-refractivity contribution in [2.45, 2.75) is 0 Å². The minimum Gasteiger partial charge on any atom is -0.369 e. The Morgan fingerprint density at radius 1 is 1.25 bits per heavy atom. The number of nitrogens with one attached hydrogen (secondary N) is 1. The quantitative estimate of drug-likeness (QED) is 0.427. The molecule has 0 aromatic carbocycles. The molecule has 20 heavy (non-hydrogen) atoms. The van der Waals surface area contributed by atoms with Gasteiger partial charge in [0, 0.05) is 0 Å². The summed E-state index contributed by atoms with van der Waals surface area (Å²) in [4.78, 5) is 31.4. The Morgan fingerprint density at radius 2 is 2.15 bits per heavy atom. The molecule has 11 heteroatoms. The zero-order chi connectivity index (χ0) is 13.7. The summed E-state index contributed by atoms with van der Waals surface area (Å²) in [6.45, 7) is 0. The number of aromatic nitrogens is 9. The molecule has 0 aliphatic heterocycles. The van der Waals surface area contributed by atoms with Crippen molar-refractivity contribution in [3.8, 4) is 0 Å². The zero-order valence-electron chi connectivity index (χ0n) is 9.80. The van der Waals surface area contributed by atoms with Gasteiger partial charge in [-0.2, -0.15) is 9.66 Å². The van der Waals surface area contributed by atoms with Gasteiger partial charge in [0.2, 0.25) is 11.6 Å². The summed E-state index contributed by atoms with van der Waals surface area (Å²) in [6.07, 6.45) is 4.29. The van der Waals surface area contributed by atoms with E-state index in [9.17, 15) is 4.79 Å². The largest absolute Gasteiger partial charge is 0.369 e. The van der Waals surface area contributed by atoms with Crippen LogP contribution < -0.4 is 11.3 Å². The molecule has 0 spiro atoms. The van der Waals surface area contributed by atoms with Crippen LogP contribution in [-0.4, -0.2) is 44.7 Å². The molecule has 0 saturated carbocycles. The number of aromatic amines is 1. The van der Waals surface area contributed by atoms with Crippen LogP contribution in [-0.2, 0) is 0 Å². The van der Waals surface area contributed by atoms with Crippen LogP contribution in [0.5, 0.6) is 0 Å². The van der Waals surface area contributed by atoms with E-state index in [1.54, 1.807) is 0 Å². The highest BCUT2D eigenvalue weighted by Crippen LogP contribution is 2.10. The molecule has 11 nitrogen and oxygen atoms in total. The summed E-state index contributed by atoms with van der Waals surface area (Å²) in [5.74, 6) is -0.0108. The van der Waals surface area contributed by atoms with E-state index < -0.39 is 5.56 Å². The maximum absolute atomic E-state index is 11.7. The topological polar surface area (TPSA) is 146 Å². The summed E-state index contributed by atoms with van der Waals surface area (Å²) >= 11 is 0. The van der Waals surface area contributed by atoms with Crippen molar-refractivity contribution in [3.63, 3.8) is 0 Å². The van der Waals surface area contributed by atoms with Crippen molar-refractivity contribution in [2.75, 3.05) is 5.73 Å². The van der Waals surface area contributed by atoms with Gasteiger partial charge >= 0.3 is 0 Å². The van der Waals surface area contributed by atoms with Gasteiger partial charge in [-0.1, -0.05) is 0 Å². The van der Waals surface area contributed by atoms with E-state index in [0.717, 1.165) is 0 Å². The van der Waals surface area contributed by atoms with Crippen molar-refractivity contribution in [1.29, 1.82) is 0 Å². The van der Waals surface area contributed by atoms with E-state index in [0.29, 0.717) is 11.2 Å².